The summed E-state index contributed by atoms with van der Waals surface area (Å²) in [5, 5.41) is 0. The van der Waals surface area contributed by atoms with Crippen molar-refractivity contribution in [3.05, 3.63) is 71.1 Å². The Morgan fingerprint density at radius 3 is 2.89 bits per heavy atom. The molecule has 0 spiro atoms. The molecule has 4 nitrogen and oxygen atoms in total. The van der Waals surface area contributed by atoms with E-state index in [9.17, 15) is 4.79 Å². The molecule has 4 heteroatoms. The van der Waals surface area contributed by atoms with E-state index in [0.29, 0.717) is 5.57 Å². The topological polar surface area (TPSA) is 49.6 Å². The van der Waals surface area contributed by atoms with Gasteiger partial charge in [-0.2, -0.15) is 0 Å². The van der Waals surface area contributed by atoms with Crippen LogP contribution in [0.4, 0.5) is 0 Å². The summed E-state index contributed by atoms with van der Waals surface area (Å²) in [6, 6.07) is 0. The molecule has 4 aliphatic rings. The van der Waals surface area contributed by atoms with Crippen LogP contribution in [0.25, 0.3) is 0 Å². The zero-order valence-electron chi connectivity index (χ0n) is 9.63. The SMILES string of the molecule is NC(=O)C1=CN2C=C3C4=CC=C(C4)N3C=C2C=C1. The largest absolute Gasteiger partial charge is 0.366 e. The third kappa shape index (κ3) is 1.12. The maximum Gasteiger partial charge on any atom is 0.250 e. The van der Waals surface area contributed by atoms with Crippen molar-refractivity contribution < 1.29 is 4.79 Å². The lowest BCUT2D eigenvalue weighted by molar-refractivity contribution is -0.114. The smallest absolute Gasteiger partial charge is 0.250 e. The average Bonchev–Trinajstić information content (AvgIpc) is 2.97. The molecular weight excluding hydrogens is 226 g/mol. The minimum atomic E-state index is -0.402. The molecule has 0 saturated carbocycles. The van der Waals surface area contributed by atoms with Crippen molar-refractivity contribution in [3.8, 4) is 0 Å². The second-order valence-electron chi connectivity index (χ2n) is 4.65. The fourth-order valence-corrected chi connectivity index (χ4v) is 2.62. The molecule has 88 valence electrons. The lowest BCUT2D eigenvalue weighted by atomic mass is 10.1. The summed E-state index contributed by atoms with van der Waals surface area (Å²) in [4.78, 5) is 15.3. The summed E-state index contributed by atoms with van der Waals surface area (Å²) in [5.74, 6) is -0.402. The fraction of sp³-hybridized carbons (Fsp3) is 0.0714. The van der Waals surface area contributed by atoms with E-state index >= 15 is 0 Å². The van der Waals surface area contributed by atoms with Gasteiger partial charge in [-0.25, -0.2) is 0 Å². The van der Waals surface area contributed by atoms with E-state index in [1.165, 1.54) is 17.0 Å². The van der Waals surface area contributed by atoms with E-state index < -0.39 is 5.91 Å². The summed E-state index contributed by atoms with van der Waals surface area (Å²) >= 11 is 0. The highest BCUT2D eigenvalue weighted by molar-refractivity contribution is 5.95. The van der Waals surface area contributed by atoms with Crippen LogP contribution in [0.5, 0.6) is 0 Å². The normalized spacial score (nSPS) is 22.8. The summed E-state index contributed by atoms with van der Waals surface area (Å²) in [6.07, 6.45) is 14.9. The number of nitrogens with two attached hydrogens (primary N) is 1. The highest BCUT2D eigenvalue weighted by Gasteiger charge is 2.32. The zero-order chi connectivity index (χ0) is 12.3. The Hall–Kier alpha value is -2.49. The molecule has 18 heavy (non-hydrogen) atoms. The summed E-state index contributed by atoms with van der Waals surface area (Å²) in [7, 11) is 0. The molecule has 1 fully saturated rings. The Labute approximate surface area is 104 Å². The first-order valence-electron chi connectivity index (χ1n) is 5.83. The van der Waals surface area contributed by atoms with Gasteiger partial charge >= 0.3 is 0 Å². The Kier molecular flexibility index (Phi) is 1.61. The molecule has 0 unspecified atom stereocenters. The van der Waals surface area contributed by atoms with Crippen LogP contribution in [0.1, 0.15) is 6.42 Å². The van der Waals surface area contributed by atoms with E-state index in [-0.39, 0.29) is 0 Å². The Morgan fingerprint density at radius 2 is 2.06 bits per heavy atom. The Morgan fingerprint density at radius 1 is 1.17 bits per heavy atom. The van der Waals surface area contributed by atoms with E-state index in [1.807, 2.05) is 17.2 Å². The minimum Gasteiger partial charge on any atom is -0.366 e. The van der Waals surface area contributed by atoms with Crippen molar-refractivity contribution in [3.63, 3.8) is 0 Å². The predicted molar refractivity (Wildman–Crippen MR) is 67.0 cm³/mol. The molecule has 0 radical (unpaired) electrons. The third-order valence-electron chi connectivity index (χ3n) is 3.56. The Bertz CT molecular complexity index is 659. The van der Waals surface area contributed by atoms with Crippen LogP contribution in [0.15, 0.2) is 71.1 Å². The maximum absolute atomic E-state index is 11.2. The van der Waals surface area contributed by atoms with Crippen LogP contribution >= 0.6 is 0 Å². The second-order valence-corrected chi connectivity index (χ2v) is 4.65. The average molecular weight is 237 g/mol. The standard InChI is InChI=1S/C14H11N3O/c15-14(18)10-2-4-12-7-17-11-3-1-9(5-11)13(17)8-16(12)6-10/h1-4,6-8H,5H2,(H2,15,18). The molecule has 0 aromatic rings. The first kappa shape index (κ1) is 9.53. The number of amides is 1. The van der Waals surface area contributed by atoms with Crippen LogP contribution < -0.4 is 5.73 Å². The molecule has 0 atom stereocenters. The molecular formula is C14H11N3O. The van der Waals surface area contributed by atoms with Gasteiger partial charge in [0.05, 0.1) is 17.0 Å². The number of allylic oxidation sites excluding steroid dienone is 5. The number of primary amides is 1. The van der Waals surface area contributed by atoms with E-state index in [1.54, 1.807) is 12.3 Å². The number of hydrogen-bond donors (Lipinski definition) is 1. The van der Waals surface area contributed by atoms with Gasteiger partial charge in [0.15, 0.2) is 0 Å². The van der Waals surface area contributed by atoms with Crippen molar-refractivity contribution in [2.75, 3.05) is 0 Å². The number of rotatable bonds is 1. The van der Waals surface area contributed by atoms with Crippen LogP contribution in [-0.4, -0.2) is 15.7 Å². The molecule has 3 aliphatic heterocycles. The number of fused-ring (bicyclic) bond motifs is 6. The number of carbonyl (C=O) groups excluding carboxylic acids is 1. The number of hydrogen-bond acceptors (Lipinski definition) is 3. The third-order valence-corrected chi connectivity index (χ3v) is 3.56. The summed E-state index contributed by atoms with van der Waals surface area (Å²) < 4.78 is 0. The molecule has 0 aromatic carbocycles. The molecule has 2 bridgehead atoms. The van der Waals surface area contributed by atoms with Crippen molar-refractivity contribution in [2.45, 2.75) is 6.42 Å². The van der Waals surface area contributed by atoms with Gasteiger partial charge in [0.2, 0.25) is 5.91 Å². The predicted octanol–water partition coefficient (Wildman–Crippen LogP) is 1.45. The van der Waals surface area contributed by atoms with Gasteiger partial charge in [0.1, 0.15) is 0 Å². The molecule has 0 aromatic heterocycles. The molecule has 1 aliphatic carbocycles. The fourth-order valence-electron chi connectivity index (χ4n) is 2.62. The van der Waals surface area contributed by atoms with Gasteiger partial charge in [-0.1, -0.05) is 6.08 Å². The quantitative estimate of drug-likeness (QED) is 0.751. The van der Waals surface area contributed by atoms with Crippen molar-refractivity contribution >= 4 is 5.91 Å². The summed E-state index contributed by atoms with van der Waals surface area (Å²) in [6.45, 7) is 0. The van der Waals surface area contributed by atoms with E-state index in [0.717, 1.165) is 12.1 Å². The highest BCUT2D eigenvalue weighted by atomic mass is 16.1. The zero-order valence-corrected chi connectivity index (χ0v) is 9.63. The number of nitrogens with zero attached hydrogens (tertiary/aromatic N) is 2. The molecule has 2 N–H and O–H groups in total. The van der Waals surface area contributed by atoms with Crippen LogP contribution in [-0.2, 0) is 4.79 Å². The maximum atomic E-state index is 11.2. The monoisotopic (exact) mass is 237 g/mol. The van der Waals surface area contributed by atoms with Crippen molar-refractivity contribution in [1.29, 1.82) is 0 Å². The Balaban J connectivity index is 1.78. The van der Waals surface area contributed by atoms with Crippen LogP contribution in [0.3, 0.4) is 0 Å². The van der Waals surface area contributed by atoms with Gasteiger partial charge in [-0.05, 0) is 23.8 Å². The van der Waals surface area contributed by atoms with Gasteiger partial charge in [0.25, 0.3) is 0 Å². The van der Waals surface area contributed by atoms with Crippen LogP contribution in [0, 0.1) is 0 Å². The first-order chi connectivity index (χ1) is 8.72. The molecule has 1 saturated heterocycles. The lowest BCUT2D eigenvalue weighted by Gasteiger charge is -2.31. The molecule has 4 rings (SSSR count). The van der Waals surface area contributed by atoms with Crippen molar-refractivity contribution in [1.82, 2.24) is 9.80 Å². The number of carbonyl (C=O) groups is 1. The lowest BCUT2D eigenvalue weighted by Crippen LogP contribution is -2.26. The van der Waals surface area contributed by atoms with Gasteiger partial charge < -0.3 is 15.5 Å². The highest BCUT2D eigenvalue weighted by Crippen LogP contribution is 2.43. The summed E-state index contributed by atoms with van der Waals surface area (Å²) in [5.41, 5.74) is 10.7. The van der Waals surface area contributed by atoms with Gasteiger partial charge in [0, 0.05) is 30.7 Å². The first-order valence-corrected chi connectivity index (χ1v) is 5.83. The second kappa shape index (κ2) is 3.04. The van der Waals surface area contributed by atoms with Gasteiger partial charge in [-0.15, -0.1) is 0 Å². The van der Waals surface area contributed by atoms with Crippen LogP contribution in [0.2, 0.25) is 0 Å². The molecule has 3 heterocycles. The van der Waals surface area contributed by atoms with E-state index in [4.69, 9.17) is 5.73 Å². The molecule has 1 amide bonds. The van der Waals surface area contributed by atoms with Gasteiger partial charge in [-0.3, -0.25) is 4.79 Å². The minimum absolute atomic E-state index is 0.402. The van der Waals surface area contributed by atoms with E-state index in [2.05, 4.69) is 23.3 Å². The van der Waals surface area contributed by atoms with Crippen molar-refractivity contribution in [2.24, 2.45) is 5.73 Å².